The number of aryl methyl sites for hydroxylation is 1. The summed E-state index contributed by atoms with van der Waals surface area (Å²) < 4.78 is 0. The van der Waals surface area contributed by atoms with Crippen LogP contribution in [0.3, 0.4) is 0 Å². The van der Waals surface area contributed by atoms with Gasteiger partial charge in [0.2, 0.25) is 0 Å². The number of rotatable bonds is 5. The molecule has 2 rings (SSSR count). The minimum Gasteiger partial charge on any atom is -0.357 e. The van der Waals surface area contributed by atoms with Crippen molar-refractivity contribution in [3.05, 3.63) is 28.3 Å². The summed E-state index contributed by atoms with van der Waals surface area (Å²) in [6, 6.07) is 1.81. The second-order valence-electron chi connectivity index (χ2n) is 3.95. The summed E-state index contributed by atoms with van der Waals surface area (Å²) in [7, 11) is 0. The van der Waals surface area contributed by atoms with Gasteiger partial charge in [0, 0.05) is 23.7 Å². The van der Waals surface area contributed by atoms with Crippen LogP contribution in [0.5, 0.6) is 0 Å². The lowest BCUT2D eigenvalue weighted by molar-refractivity contribution is 0.0949. The molecule has 2 aromatic rings. The zero-order chi connectivity index (χ0) is 13.0. The first-order valence-electron chi connectivity index (χ1n) is 5.80. The Bertz CT molecular complexity index is 532. The highest BCUT2D eigenvalue weighted by Crippen LogP contribution is 2.22. The maximum atomic E-state index is 11.8. The van der Waals surface area contributed by atoms with E-state index in [1.165, 1.54) is 0 Å². The highest BCUT2D eigenvalue weighted by atomic mass is 32.1. The fourth-order valence-electron chi connectivity index (χ4n) is 1.57. The van der Waals surface area contributed by atoms with Crippen LogP contribution < -0.4 is 11.1 Å². The Morgan fingerprint density at radius 2 is 2.44 bits per heavy atom. The van der Waals surface area contributed by atoms with Gasteiger partial charge in [0.1, 0.15) is 5.69 Å². The van der Waals surface area contributed by atoms with Gasteiger partial charge in [-0.25, -0.2) is 4.98 Å². The summed E-state index contributed by atoms with van der Waals surface area (Å²) in [5.41, 5.74) is 7.75. The monoisotopic (exact) mass is 264 g/mol. The van der Waals surface area contributed by atoms with E-state index >= 15 is 0 Å². The SMILES string of the molecule is Cc1nc(-c2c[nH]c(C(=O)NCCCN)c2)cs1. The number of aromatic nitrogens is 2. The number of aromatic amines is 1. The molecule has 0 fully saturated rings. The number of amides is 1. The number of carbonyl (C=O) groups excluding carboxylic acids is 1. The molecule has 2 heterocycles. The molecule has 1 amide bonds. The van der Waals surface area contributed by atoms with Gasteiger partial charge in [0.25, 0.3) is 5.91 Å². The molecule has 96 valence electrons. The van der Waals surface area contributed by atoms with Crippen LogP contribution in [0.4, 0.5) is 0 Å². The summed E-state index contributed by atoms with van der Waals surface area (Å²) in [5.74, 6) is -0.110. The Hall–Kier alpha value is -1.66. The molecule has 0 radical (unpaired) electrons. The average molecular weight is 264 g/mol. The fourth-order valence-corrected chi connectivity index (χ4v) is 2.19. The third-order valence-corrected chi connectivity index (χ3v) is 3.28. The maximum Gasteiger partial charge on any atom is 0.267 e. The van der Waals surface area contributed by atoms with Crippen molar-refractivity contribution in [3.8, 4) is 11.3 Å². The van der Waals surface area contributed by atoms with Crippen LogP contribution in [-0.4, -0.2) is 29.0 Å². The van der Waals surface area contributed by atoms with E-state index in [0.717, 1.165) is 22.7 Å². The van der Waals surface area contributed by atoms with Crippen molar-refractivity contribution < 1.29 is 4.79 Å². The summed E-state index contributed by atoms with van der Waals surface area (Å²) in [6.45, 7) is 3.13. The van der Waals surface area contributed by atoms with Crippen LogP contribution in [0.15, 0.2) is 17.6 Å². The Kier molecular flexibility index (Phi) is 4.11. The first kappa shape index (κ1) is 12.8. The van der Waals surface area contributed by atoms with Crippen LogP contribution in [-0.2, 0) is 0 Å². The third-order valence-electron chi connectivity index (χ3n) is 2.51. The molecule has 4 N–H and O–H groups in total. The number of hydrogen-bond acceptors (Lipinski definition) is 4. The summed E-state index contributed by atoms with van der Waals surface area (Å²) in [5, 5.41) is 5.80. The van der Waals surface area contributed by atoms with Gasteiger partial charge in [-0.15, -0.1) is 11.3 Å². The van der Waals surface area contributed by atoms with Crippen molar-refractivity contribution in [1.29, 1.82) is 0 Å². The van der Waals surface area contributed by atoms with Gasteiger partial charge in [-0.2, -0.15) is 0 Å². The average Bonchev–Trinajstić information content (AvgIpc) is 2.97. The zero-order valence-electron chi connectivity index (χ0n) is 10.2. The van der Waals surface area contributed by atoms with Crippen LogP contribution >= 0.6 is 11.3 Å². The van der Waals surface area contributed by atoms with Crippen molar-refractivity contribution >= 4 is 17.2 Å². The molecule has 18 heavy (non-hydrogen) atoms. The Labute approximate surface area is 109 Å². The Balaban J connectivity index is 2.04. The quantitative estimate of drug-likeness (QED) is 0.716. The molecule has 0 aliphatic heterocycles. The number of hydrogen-bond donors (Lipinski definition) is 3. The van der Waals surface area contributed by atoms with Gasteiger partial charge in [0.05, 0.1) is 10.7 Å². The molecule has 0 saturated heterocycles. The largest absolute Gasteiger partial charge is 0.357 e. The number of thiazole rings is 1. The van der Waals surface area contributed by atoms with Gasteiger partial charge in [0.15, 0.2) is 0 Å². The van der Waals surface area contributed by atoms with E-state index < -0.39 is 0 Å². The van der Waals surface area contributed by atoms with Crippen molar-refractivity contribution in [3.63, 3.8) is 0 Å². The number of carbonyl (C=O) groups is 1. The molecule has 0 aliphatic rings. The topological polar surface area (TPSA) is 83.8 Å². The molecule has 0 unspecified atom stereocenters. The van der Waals surface area contributed by atoms with E-state index in [1.54, 1.807) is 17.5 Å². The minimum absolute atomic E-state index is 0.110. The molecule has 0 aliphatic carbocycles. The summed E-state index contributed by atoms with van der Waals surface area (Å²) in [4.78, 5) is 19.1. The predicted octanol–water partition coefficient (Wildman–Crippen LogP) is 1.53. The van der Waals surface area contributed by atoms with Gasteiger partial charge in [-0.3, -0.25) is 4.79 Å². The Morgan fingerprint density at radius 3 is 3.11 bits per heavy atom. The van der Waals surface area contributed by atoms with E-state index in [1.807, 2.05) is 18.4 Å². The van der Waals surface area contributed by atoms with E-state index in [2.05, 4.69) is 15.3 Å². The smallest absolute Gasteiger partial charge is 0.267 e. The van der Waals surface area contributed by atoms with E-state index in [4.69, 9.17) is 5.73 Å². The molecule has 0 atom stereocenters. The van der Waals surface area contributed by atoms with Gasteiger partial charge in [-0.1, -0.05) is 0 Å². The molecule has 2 aromatic heterocycles. The van der Waals surface area contributed by atoms with Crippen molar-refractivity contribution in [2.24, 2.45) is 5.73 Å². The molecule has 0 aromatic carbocycles. The van der Waals surface area contributed by atoms with Crippen LogP contribution in [0, 0.1) is 6.92 Å². The molecular formula is C12H16N4OS. The first-order chi connectivity index (χ1) is 8.70. The normalized spacial score (nSPS) is 10.6. The van der Waals surface area contributed by atoms with E-state index in [-0.39, 0.29) is 5.91 Å². The van der Waals surface area contributed by atoms with Gasteiger partial charge < -0.3 is 16.0 Å². The highest BCUT2D eigenvalue weighted by Gasteiger charge is 2.10. The minimum atomic E-state index is -0.110. The Morgan fingerprint density at radius 1 is 1.61 bits per heavy atom. The molecular weight excluding hydrogens is 248 g/mol. The standard InChI is InChI=1S/C12H16N4OS/c1-8-16-11(7-18-8)9-5-10(15-6-9)12(17)14-4-2-3-13/h5-7,15H,2-4,13H2,1H3,(H,14,17). The number of H-pyrrole nitrogens is 1. The van der Waals surface area contributed by atoms with Crippen LogP contribution in [0.25, 0.3) is 11.3 Å². The van der Waals surface area contributed by atoms with Crippen LogP contribution in [0.2, 0.25) is 0 Å². The second-order valence-corrected chi connectivity index (χ2v) is 5.01. The zero-order valence-corrected chi connectivity index (χ0v) is 11.0. The lowest BCUT2D eigenvalue weighted by atomic mass is 10.2. The summed E-state index contributed by atoms with van der Waals surface area (Å²) in [6.07, 6.45) is 2.58. The number of nitrogens with one attached hydrogen (secondary N) is 2. The third kappa shape index (κ3) is 2.96. The maximum absolute atomic E-state index is 11.8. The predicted molar refractivity (Wildman–Crippen MR) is 72.6 cm³/mol. The molecule has 0 bridgehead atoms. The lowest BCUT2D eigenvalue weighted by Gasteiger charge is -2.01. The van der Waals surface area contributed by atoms with Crippen molar-refractivity contribution in [2.75, 3.05) is 13.1 Å². The van der Waals surface area contributed by atoms with E-state index in [9.17, 15) is 4.79 Å². The number of nitrogens with zero attached hydrogens (tertiary/aromatic N) is 1. The van der Waals surface area contributed by atoms with Crippen molar-refractivity contribution in [1.82, 2.24) is 15.3 Å². The van der Waals surface area contributed by atoms with Crippen molar-refractivity contribution in [2.45, 2.75) is 13.3 Å². The van der Waals surface area contributed by atoms with Gasteiger partial charge >= 0.3 is 0 Å². The van der Waals surface area contributed by atoms with Gasteiger partial charge in [-0.05, 0) is 26.0 Å². The molecule has 0 saturated carbocycles. The fraction of sp³-hybridized carbons (Fsp3) is 0.333. The van der Waals surface area contributed by atoms with Crippen LogP contribution in [0.1, 0.15) is 21.9 Å². The highest BCUT2D eigenvalue weighted by molar-refractivity contribution is 7.09. The first-order valence-corrected chi connectivity index (χ1v) is 6.68. The number of nitrogens with two attached hydrogens (primary N) is 1. The van der Waals surface area contributed by atoms with E-state index in [0.29, 0.717) is 18.8 Å². The lowest BCUT2D eigenvalue weighted by Crippen LogP contribution is -2.26. The summed E-state index contributed by atoms with van der Waals surface area (Å²) >= 11 is 1.59. The molecule has 0 spiro atoms. The molecule has 6 heteroatoms. The molecule has 5 nitrogen and oxygen atoms in total. The second kappa shape index (κ2) is 5.79.